The molecule has 0 unspecified atom stereocenters. The molecule has 0 atom stereocenters. The maximum Gasteiger partial charge on any atom is 0.319 e. The molecule has 2 amide bonds. The molecule has 0 bridgehead atoms. The molecule has 3 nitrogen and oxygen atoms in total. The van der Waals surface area contributed by atoms with Crippen LogP contribution in [0.2, 0.25) is 0 Å². The first-order valence-corrected chi connectivity index (χ1v) is 4.69. The van der Waals surface area contributed by atoms with Gasteiger partial charge in [-0.1, -0.05) is 34.3 Å². The fraction of sp³-hybridized carbons (Fsp3) is 0.700. The van der Waals surface area contributed by atoms with Crippen molar-refractivity contribution in [2.45, 2.75) is 33.2 Å². The van der Waals surface area contributed by atoms with E-state index in [4.69, 9.17) is 0 Å². The lowest BCUT2D eigenvalue weighted by Gasteiger charge is -2.37. The van der Waals surface area contributed by atoms with Crippen LogP contribution in [0.4, 0.5) is 4.79 Å². The van der Waals surface area contributed by atoms with E-state index in [0.717, 1.165) is 5.70 Å². The first-order chi connectivity index (χ1) is 5.91. The molecular weight excluding hydrogens is 164 g/mol. The van der Waals surface area contributed by atoms with Gasteiger partial charge in [-0.05, 0) is 11.8 Å². The Morgan fingerprint density at radius 3 is 1.85 bits per heavy atom. The molecule has 1 rings (SSSR count). The monoisotopic (exact) mass is 182 g/mol. The van der Waals surface area contributed by atoms with Gasteiger partial charge in [-0.15, -0.1) is 0 Å². The van der Waals surface area contributed by atoms with Crippen molar-refractivity contribution in [2.75, 3.05) is 0 Å². The van der Waals surface area contributed by atoms with Crippen LogP contribution in [-0.2, 0) is 0 Å². The second kappa shape index (κ2) is 3.05. The molecule has 74 valence electrons. The fourth-order valence-corrected chi connectivity index (χ4v) is 2.19. The predicted octanol–water partition coefficient (Wildman–Crippen LogP) is 1.86. The van der Waals surface area contributed by atoms with E-state index in [1.165, 1.54) is 0 Å². The Kier molecular flexibility index (Phi) is 2.37. The van der Waals surface area contributed by atoms with E-state index in [1.54, 1.807) is 0 Å². The van der Waals surface area contributed by atoms with E-state index in [2.05, 4.69) is 44.9 Å². The van der Waals surface area contributed by atoms with Gasteiger partial charge in [-0.2, -0.15) is 0 Å². The highest BCUT2D eigenvalue weighted by Crippen LogP contribution is 2.34. The zero-order valence-electron chi connectivity index (χ0n) is 8.77. The van der Waals surface area contributed by atoms with Gasteiger partial charge in [0.2, 0.25) is 0 Å². The van der Waals surface area contributed by atoms with E-state index < -0.39 is 0 Å². The summed E-state index contributed by atoms with van der Waals surface area (Å²) in [5.41, 5.74) is 0.513. The Bertz CT molecular complexity index is 235. The highest BCUT2D eigenvalue weighted by atomic mass is 16.2. The van der Waals surface area contributed by atoms with Crippen LogP contribution in [0.5, 0.6) is 0 Å². The normalized spacial score (nSPS) is 20.8. The lowest BCUT2D eigenvalue weighted by molar-refractivity contribution is 0.218. The van der Waals surface area contributed by atoms with Crippen LogP contribution >= 0.6 is 0 Å². The van der Waals surface area contributed by atoms with Gasteiger partial charge in [0.25, 0.3) is 0 Å². The molecule has 1 saturated heterocycles. The highest BCUT2D eigenvalue weighted by Gasteiger charge is 2.46. The second-order valence-corrected chi connectivity index (χ2v) is 4.24. The van der Waals surface area contributed by atoms with Crippen molar-refractivity contribution in [1.82, 2.24) is 10.6 Å². The molecule has 0 aliphatic carbocycles. The van der Waals surface area contributed by atoms with Crippen molar-refractivity contribution in [1.29, 1.82) is 0 Å². The van der Waals surface area contributed by atoms with Gasteiger partial charge in [0.05, 0.1) is 5.54 Å². The molecule has 0 aromatic heterocycles. The van der Waals surface area contributed by atoms with E-state index in [1.807, 2.05) is 0 Å². The van der Waals surface area contributed by atoms with Crippen LogP contribution in [0.25, 0.3) is 0 Å². The summed E-state index contributed by atoms with van der Waals surface area (Å²) in [7, 11) is 0. The molecule has 0 spiro atoms. The number of amides is 2. The van der Waals surface area contributed by atoms with Gasteiger partial charge in [-0.3, -0.25) is 0 Å². The molecule has 3 heteroatoms. The molecule has 0 radical (unpaired) electrons. The third-order valence-electron chi connectivity index (χ3n) is 2.91. The maximum absolute atomic E-state index is 11.2. The summed E-state index contributed by atoms with van der Waals surface area (Å²) in [5.74, 6) is 0.692. The zero-order valence-corrected chi connectivity index (χ0v) is 8.77. The molecule has 0 saturated carbocycles. The minimum Gasteiger partial charge on any atom is -0.326 e. The predicted molar refractivity (Wildman–Crippen MR) is 53.2 cm³/mol. The number of hydrogen-bond acceptors (Lipinski definition) is 1. The van der Waals surface area contributed by atoms with E-state index in [0.29, 0.717) is 11.8 Å². The molecule has 1 fully saturated rings. The quantitative estimate of drug-likeness (QED) is 0.672. The number of hydrogen-bond donors (Lipinski definition) is 2. The Hall–Kier alpha value is -0.990. The summed E-state index contributed by atoms with van der Waals surface area (Å²) >= 11 is 0. The topological polar surface area (TPSA) is 41.1 Å². The molecule has 1 aliphatic heterocycles. The first-order valence-electron chi connectivity index (χ1n) is 4.69. The third kappa shape index (κ3) is 1.32. The molecule has 2 N–H and O–H groups in total. The smallest absolute Gasteiger partial charge is 0.319 e. The Balaban J connectivity index is 3.05. The van der Waals surface area contributed by atoms with Gasteiger partial charge in [0.1, 0.15) is 0 Å². The minimum absolute atomic E-state index is 0.132. The lowest BCUT2D eigenvalue weighted by atomic mass is 9.76. The van der Waals surface area contributed by atoms with Gasteiger partial charge >= 0.3 is 6.03 Å². The number of rotatable bonds is 2. The number of urea groups is 1. The number of carbonyl (C=O) groups is 1. The van der Waals surface area contributed by atoms with Gasteiger partial charge < -0.3 is 10.6 Å². The fourth-order valence-electron chi connectivity index (χ4n) is 2.19. The average Bonchev–Trinajstić information content (AvgIpc) is 2.26. The summed E-state index contributed by atoms with van der Waals surface area (Å²) in [4.78, 5) is 11.2. The highest BCUT2D eigenvalue weighted by molar-refractivity contribution is 5.81. The Morgan fingerprint density at radius 2 is 1.69 bits per heavy atom. The summed E-state index contributed by atoms with van der Waals surface area (Å²) in [6.07, 6.45) is 0. The van der Waals surface area contributed by atoms with E-state index >= 15 is 0 Å². The van der Waals surface area contributed by atoms with Crippen molar-refractivity contribution in [3.05, 3.63) is 12.3 Å². The lowest BCUT2D eigenvalue weighted by Crippen LogP contribution is -2.51. The summed E-state index contributed by atoms with van der Waals surface area (Å²) in [6.45, 7) is 12.3. The second-order valence-electron chi connectivity index (χ2n) is 4.24. The van der Waals surface area contributed by atoms with Crippen LogP contribution in [0, 0.1) is 11.8 Å². The Labute approximate surface area is 79.6 Å². The zero-order chi connectivity index (χ0) is 10.2. The van der Waals surface area contributed by atoms with Crippen LogP contribution in [-0.4, -0.2) is 11.6 Å². The van der Waals surface area contributed by atoms with Gasteiger partial charge in [-0.25, -0.2) is 4.79 Å². The summed E-state index contributed by atoms with van der Waals surface area (Å²) < 4.78 is 0. The maximum atomic E-state index is 11.2. The minimum atomic E-state index is -0.281. The van der Waals surface area contributed by atoms with Crippen molar-refractivity contribution < 1.29 is 4.79 Å². The van der Waals surface area contributed by atoms with Gasteiger partial charge in [0.15, 0.2) is 0 Å². The van der Waals surface area contributed by atoms with Crippen molar-refractivity contribution >= 4 is 6.03 Å². The van der Waals surface area contributed by atoms with Crippen molar-refractivity contribution in [3.63, 3.8) is 0 Å². The standard InChI is InChI=1S/C10H18N2O/c1-6(2)10(7(3)4)8(5)11-9(13)12-10/h6-7H,5H2,1-4H3,(H2,11,12,13). The first kappa shape index (κ1) is 10.1. The van der Waals surface area contributed by atoms with E-state index in [9.17, 15) is 4.79 Å². The largest absolute Gasteiger partial charge is 0.326 e. The van der Waals surface area contributed by atoms with Crippen LogP contribution in [0.15, 0.2) is 12.3 Å². The summed E-state index contributed by atoms with van der Waals surface area (Å²) in [5, 5.41) is 5.69. The molecular formula is C10H18N2O. The summed E-state index contributed by atoms with van der Waals surface area (Å²) in [6, 6.07) is -0.132. The Morgan fingerprint density at radius 1 is 1.23 bits per heavy atom. The van der Waals surface area contributed by atoms with Crippen LogP contribution in [0.1, 0.15) is 27.7 Å². The van der Waals surface area contributed by atoms with E-state index in [-0.39, 0.29) is 11.6 Å². The average molecular weight is 182 g/mol. The molecule has 0 aromatic rings. The molecule has 1 heterocycles. The molecule has 0 aromatic carbocycles. The number of nitrogens with one attached hydrogen (secondary N) is 2. The molecule has 1 aliphatic rings. The molecule has 13 heavy (non-hydrogen) atoms. The van der Waals surface area contributed by atoms with Crippen LogP contribution in [0.3, 0.4) is 0 Å². The number of carbonyl (C=O) groups excluding carboxylic acids is 1. The van der Waals surface area contributed by atoms with Crippen molar-refractivity contribution in [2.24, 2.45) is 11.8 Å². The van der Waals surface area contributed by atoms with Gasteiger partial charge in [0, 0.05) is 5.70 Å². The SMILES string of the molecule is C=C1NC(=O)NC1(C(C)C)C(C)C. The van der Waals surface area contributed by atoms with Crippen molar-refractivity contribution in [3.8, 4) is 0 Å². The van der Waals surface area contributed by atoms with Crippen LogP contribution < -0.4 is 10.6 Å². The third-order valence-corrected chi connectivity index (χ3v) is 2.91.